The van der Waals surface area contributed by atoms with Gasteiger partial charge in [0, 0.05) is 26.7 Å². The zero-order valence-electron chi connectivity index (χ0n) is 19.4. The third-order valence-electron chi connectivity index (χ3n) is 5.52. The number of thioether (sulfide) groups is 1. The second-order valence-corrected chi connectivity index (χ2v) is 9.99. The lowest BCUT2D eigenvalue weighted by Gasteiger charge is -2.30. The Balaban J connectivity index is 1.70. The van der Waals surface area contributed by atoms with E-state index in [-0.39, 0.29) is 29.3 Å². The van der Waals surface area contributed by atoms with Gasteiger partial charge in [-0.1, -0.05) is 18.3 Å². The van der Waals surface area contributed by atoms with E-state index in [1.807, 2.05) is 15.5 Å². The van der Waals surface area contributed by atoms with Crippen molar-refractivity contribution in [3.63, 3.8) is 0 Å². The minimum Gasteiger partial charge on any atom is -0.462 e. The van der Waals surface area contributed by atoms with Crippen LogP contribution in [-0.4, -0.2) is 72.2 Å². The summed E-state index contributed by atoms with van der Waals surface area (Å²) in [5.41, 5.74) is 1.34. The molecule has 1 aliphatic rings. The van der Waals surface area contributed by atoms with Gasteiger partial charge in [-0.25, -0.2) is 4.79 Å². The molecule has 0 saturated carbocycles. The van der Waals surface area contributed by atoms with Gasteiger partial charge < -0.3 is 18.9 Å². The summed E-state index contributed by atoms with van der Waals surface area (Å²) in [4.78, 5) is 43.7. The molecule has 33 heavy (non-hydrogen) atoms. The minimum absolute atomic E-state index is 0.0863. The fraction of sp³-hybridized carbons (Fsp3) is 0.565. The molecule has 2 heterocycles. The summed E-state index contributed by atoms with van der Waals surface area (Å²) in [6, 6.07) is 5.31. The Morgan fingerprint density at radius 2 is 1.97 bits per heavy atom. The van der Waals surface area contributed by atoms with Gasteiger partial charge in [-0.3, -0.25) is 9.59 Å². The predicted molar refractivity (Wildman–Crippen MR) is 131 cm³/mol. The van der Waals surface area contributed by atoms with Crippen molar-refractivity contribution in [2.24, 2.45) is 10.9 Å². The zero-order valence-corrected chi connectivity index (χ0v) is 21.0. The Morgan fingerprint density at radius 1 is 1.21 bits per heavy atom. The number of carbonyl (C=O) groups excluding carboxylic acids is 3. The molecule has 1 saturated heterocycles. The molecule has 10 heteroatoms. The summed E-state index contributed by atoms with van der Waals surface area (Å²) in [5.74, 6) is 0.514. The fourth-order valence-electron chi connectivity index (χ4n) is 3.61. The van der Waals surface area contributed by atoms with E-state index < -0.39 is 0 Å². The van der Waals surface area contributed by atoms with Gasteiger partial charge in [-0.05, 0) is 43.9 Å². The summed E-state index contributed by atoms with van der Waals surface area (Å²) in [6.45, 7) is 6.87. The average Bonchev–Trinajstić information content (AvgIpc) is 3.14. The van der Waals surface area contributed by atoms with Crippen LogP contribution in [0.4, 0.5) is 0 Å². The first-order valence-electron chi connectivity index (χ1n) is 11.2. The quantitative estimate of drug-likeness (QED) is 0.499. The van der Waals surface area contributed by atoms with Gasteiger partial charge in [0.05, 0.1) is 40.5 Å². The number of hydrogen-bond acceptors (Lipinski definition) is 7. The van der Waals surface area contributed by atoms with Crippen molar-refractivity contribution in [2.75, 3.05) is 44.9 Å². The summed E-state index contributed by atoms with van der Waals surface area (Å²) in [6.07, 6.45) is 2.08. The largest absolute Gasteiger partial charge is 0.462 e. The number of piperidine rings is 1. The average molecular weight is 494 g/mol. The van der Waals surface area contributed by atoms with Crippen molar-refractivity contribution in [1.82, 2.24) is 9.47 Å². The SMILES string of the molecule is CCOC(=O)c1ccc2c(c1)sc(=NC(=O)CSCC(=O)N1CCC(C)CC1)n2CCOC. The van der Waals surface area contributed by atoms with E-state index in [0.29, 0.717) is 36.0 Å². The van der Waals surface area contributed by atoms with Gasteiger partial charge in [-0.2, -0.15) is 4.99 Å². The molecule has 8 nitrogen and oxygen atoms in total. The molecule has 0 aliphatic carbocycles. The molecule has 0 radical (unpaired) electrons. The van der Waals surface area contributed by atoms with Crippen LogP contribution in [0, 0.1) is 5.92 Å². The minimum atomic E-state index is -0.380. The highest BCUT2D eigenvalue weighted by atomic mass is 32.2. The Bertz CT molecular complexity index is 1050. The molecule has 1 fully saturated rings. The monoisotopic (exact) mass is 493 g/mol. The van der Waals surface area contributed by atoms with Crippen LogP contribution in [0.5, 0.6) is 0 Å². The van der Waals surface area contributed by atoms with Crippen molar-refractivity contribution in [3.05, 3.63) is 28.6 Å². The van der Waals surface area contributed by atoms with E-state index in [1.165, 1.54) is 23.1 Å². The Morgan fingerprint density at radius 3 is 2.67 bits per heavy atom. The number of fused-ring (bicyclic) bond motifs is 1. The Hall–Kier alpha value is -2.17. The number of thiazole rings is 1. The Kier molecular flexibility index (Phi) is 9.52. The van der Waals surface area contributed by atoms with E-state index in [9.17, 15) is 14.4 Å². The maximum Gasteiger partial charge on any atom is 0.338 e. The maximum absolute atomic E-state index is 12.6. The lowest BCUT2D eigenvalue weighted by molar-refractivity contribution is -0.129. The molecule has 1 aliphatic heterocycles. The van der Waals surface area contributed by atoms with Gasteiger partial charge >= 0.3 is 5.97 Å². The van der Waals surface area contributed by atoms with Crippen LogP contribution < -0.4 is 4.80 Å². The number of carbonyl (C=O) groups is 3. The van der Waals surface area contributed by atoms with E-state index in [2.05, 4.69) is 11.9 Å². The highest BCUT2D eigenvalue weighted by molar-refractivity contribution is 8.00. The molecule has 2 aromatic rings. The number of rotatable bonds is 9. The van der Waals surface area contributed by atoms with Gasteiger partial charge in [0.2, 0.25) is 5.91 Å². The molecule has 1 aromatic heterocycles. The molecular weight excluding hydrogens is 462 g/mol. The highest BCUT2D eigenvalue weighted by Crippen LogP contribution is 2.20. The second kappa shape index (κ2) is 12.3. The smallest absolute Gasteiger partial charge is 0.338 e. The van der Waals surface area contributed by atoms with Crippen molar-refractivity contribution in [2.45, 2.75) is 33.2 Å². The van der Waals surface area contributed by atoms with Crippen molar-refractivity contribution in [3.8, 4) is 0 Å². The maximum atomic E-state index is 12.6. The summed E-state index contributed by atoms with van der Waals surface area (Å²) in [5, 5.41) is 0. The number of methoxy groups -OCH3 is 1. The number of ether oxygens (including phenoxy) is 2. The second-order valence-electron chi connectivity index (χ2n) is 7.99. The molecule has 0 atom stereocenters. The van der Waals surface area contributed by atoms with Crippen LogP contribution in [0.1, 0.15) is 37.0 Å². The van der Waals surface area contributed by atoms with Crippen molar-refractivity contribution in [1.29, 1.82) is 0 Å². The number of aromatic nitrogens is 1. The third kappa shape index (κ3) is 6.91. The van der Waals surface area contributed by atoms with Crippen LogP contribution >= 0.6 is 23.1 Å². The summed E-state index contributed by atoms with van der Waals surface area (Å²) in [7, 11) is 1.62. The first kappa shape index (κ1) is 25.5. The number of amides is 2. The number of likely N-dealkylation sites (tertiary alicyclic amines) is 1. The van der Waals surface area contributed by atoms with Crippen molar-refractivity contribution >= 4 is 51.1 Å². The number of benzene rings is 1. The first-order valence-corrected chi connectivity index (χ1v) is 13.1. The number of hydrogen-bond donors (Lipinski definition) is 0. The molecule has 0 unspecified atom stereocenters. The molecule has 180 valence electrons. The lowest BCUT2D eigenvalue weighted by Crippen LogP contribution is -2.39. The molecule has 2 amide bonds. The molecule has 0 spiro atoms. The van der Waals surface area contributed by atoms with Gasteiger partial charge in [0.1, 0.15) is 0 Å². The van der Waals surface area contributed by atoms with Gasteiger partial charge in [0.25, 0.3) is 5.91 Å². The van der Waals surface area contributed by atoms with Gasteiger partial charge in [-0.15, -0.1) is 11.8 Å². The van der Waals surface area contributed by atoms with Gasteiger partial charge in [0.15, 0.2) is 4.80 Å². The van der Waals surface area contributed by atoms with E-state index in [4.69, 9.17) is 9.47 Å². The van der Waals surface area contributed by atoms with Crippen LogP contribution in [0.15, 0.2) is 23.2 Å². The summed E-state index contributed by atoms with van der Waals surface area (Å²) < 4.78 is 13.0. The van der Waals surface area contributed by atoms with Crippen molar-refractivity contribution < 1.29 is 23.9 Å². The Labute approximate surface area is 202 Å². The molecule has 0 bridgehead atoms. The number of nitrogens with zero attached hydrogens (tertiary/aromatic N) is 3. The summed E-state index contributed by atoms with van der Waals surface area (Å²) >= 11 is 2.64. The van der Waals surface area contributed by atoms with E-state index >= 15 is 0 Å². The van der Waals surface area contributed by atoms with Crippen LogP contribution in [0.2, 0.25) is 0 Å². The third-order valence-corrected chi connectivity index (χ3v) is 7.46. The lowest BCUT2D eigenvalue weighted by atomic mass is 9.99. The van der Waals surface area contributed by atoms with E-state index in [0.717, 1.165) is 36.1 Å². The standard InChI is InChI=1S/C23H31N3O5S2/c1-4-31-22(29)17-5-6-18-19(13-17)33-23(26(18)11-12-30-3)24-20(27)14-32-15-21(28)25-9-7-16(2)8-10-25/h5-6,13,16H,4,7-12,14-15H2,1-3H3. The zero-order chi connectivity index (χ0) is 23.8. The molecule has 0 N–H and O–H groups in total. The predicted octanol–water partition coefficient (Wildman–Crippen LogP) is 2.94. The first-order chi connectivity index (χ1) is 15.9. The normalized spacial score (nSPS) is 15.2. The van der Waals surface area contributed by atoms with E-state index in [1.54, 1.807) is 26.2 Å². The van der Waals surface area contributed by atoms with Crippen LogP contribution in [0.25, 0.3) is 10.2 Å². The fourth-order valence-corrected chi connectivity index (χ4v) is 5.42. The number of esters is 1. The topological polar surface area (TPSA) is 90.2 Å². The molecule has 3 rings (SSSR count). The molecular formula is C23H31N3O5S2. The molecule has 1 aromatic carbocycles. The highest BCUT2D eigenvalue weighted by Gasteiger charge is 2.20. The van der Waals surface area contributed by atoms with Crippen LogP contribution in [-0.2, 0) is 25.6 Å². The van der Waals surface area contributed by atoms with Crippen LogP contribution in [0.3, 0.4) is 0 Å².